The molecule has 0 rings (SSSR count). The molecule has 0 fully saturated rings. The monoisotopic (exact) mass is 300 g/mol. The maximum absolute atomic E-state index is 12.9. The first-order chi connectivity index (χ1) is 8.35. The van der Waals surface area contributed by atoms with E-state index in [1.165, 1.54) is 0 Å². The van der Waals surface area contributed by atoms with Gasteiger partial charge in [0.15, 0.2) is 6.17 Å². The molecule has 0 aromatic heterocycles. The van der Waals surface area contributed by atoms with Crippen LogP contribution in [0.3, 0.4) is 0 Å². The van der Waals surface area contributed by atoms with Gasteiger partial charge in [0.1, 0.15) is 0 Å². The first-order valence-corrected chi connectivity index (χ1v) is 4.59. The number of carboxylic acids is 1. The number of hydrogen-bond donors (Lipinski definition) is 1. The second-order valence-corrected chi connectivity index (χ2v) is 3.54. The van der Waals surface area contributed by atoms with Gasteiger partial charge in [0.05, 0.1) is 0 Å². The van der Waals surface area contributed by atoms with Crippen LogP contribution in [0.2, 0.25) is 0 Å². The van der Waals surface area contributed by atoms with Gasteiger partial charge in [0.2, 0.25) is 6.17 Å². The highest BCUT2D eigenvalue weighted by atomic mass is 19.3. The number of halogens is 8. The van der Waals surface area contributed by atoms with Gasteiger partial charge < -0.3 is 5.11 Å². The van der Waals surface area contributed by atoms with E-state index in [-0.39, 0.29) is 0 Å². The number of hydrogen-bond acceptors (Lipinski definition) is 1. The summed E-state index contributed by atoms with van der Waals surface area (Å²) in [6, 6.07) is 0. The summed E-state index contributed by atoms with van der Waals surface area (Å²) >= 11 is 0. The minimum absolute atomic E-state index is 0.408. The molecule has 0 spiro atoms. The molecule has 2 nitrogen and oxygen atoms in total. The predicted molar refractivity (Wildman–Crippen MR) is 47.1 cm³/mol. The van der Waals surface area contributed by atoms with Crippen LogP contribution < -0.4 is 0 Å². The second kappa shape index (κ2) is 5.74. The zero-order chi connectivity index (χ0) is 15.6. The zero-order valence-electron chi connectivity index (χ0n) is 9.19. The molecule has 0 aliphatic carbocycles. The van der Waals surface area contributed by atoms with E-state index < -0.39 is 48.2 Å². The minimum Gasteiger partial charge on any atom is -0.478 e. The summed E-state index contributed by atoms with van der Waals surface area (Å²) in [5.74, 6) is -13.7. The van der Waals surface area contributed by atoms with Crippen molar-refractivity contribution in [3.05, 3.63) is 11.6 Å². The normalized spacial score (nSPS) is 17.5. The molecular formula is C9H8F8O2. The van der Waals surface area contributed by atoms with E-state index in [9.17, 15) is 39.9 Å². The minimum atomic E-state index is -5.99. The molecule has 0 aromatic rings. The van der Waals surface area contributed by atoms with Gasteiger partial charge in [-0.1, -0.05) is 0 Å². The summed E-state index contributed by atoms with van der Waals surface area (Å²) in [5, 5.41) is 8.24. The number of carbonyl (C=O) groups is 1. The Balaban J connectivity index is 5.36. The molecule has 0 amide bonds. The lowest BCUT2D eigenvalue weighted by molar-refractivity contribution is -0.272. The third-order valence-electron chi connectivity index (χ3n) is 2.09. The molecule has 0 bridgehead atoms. The Kier molecular flexibility index (Phi) is 5.33. The lowest BCUT2D eigenvalue weighted by atomic mass is 10.0. The first-order valence-electron chi connectivity index (χ1n) is 4.59. The molecule has 0 saturated heterocycles. The van der Waals surface area contributed by atoms with Gasteiger partial charge in [-0.2, -0.15) is 17.6 Å². The van der Waals surface area contributed by atoms with Crippen LogP contribution in [0.4, 0.5) is 35.1 Å². The molecule has 0 heterocycles. The summed E-state index contributed by atoms with van der Waals surface area (Å²) in [7, 11) is 0. The Hall–Kier alpha value is -1.35. The van der Waals surface area contributed by atoms with Crippen LogP contribution in [0.15, 0.2) is 11.6 Å². The molecule has 10 heteroatoms. The van der Waals surface area contributed by atoms with Crippen molar-refractivity contribution in [1.29, 1.82) is 0 Å². The van der Waals surface area contributed by atoms with Crippen LogP contribution in [0, 0.1) is 0 Å². The predicted octanol–water partition coefficient (Wildman–Crippen LogP) is 3.23. The summed E-state index contributed by atoms with van der Waals surface area (Å²) in [6.45, 7) is 0.614. The number of carboxylic acid groups (broad SMARTS) is 1. The van der Waals surface area contributed by atoms with Crippen molar-refractivity contribution in [2.24, 2.45) is 0 Å². The van der Waals surface area contributed by atoms with Gasteiger partial charge >= 0.3 is 17.8 Å². The van der Waals surface area contributed by atoms with Gasteiger partial charge in [-0.05, 0) is 13.0 Å². The van der Waals surface area contributed by atoms with E-state index >= 15 is 0 Å². The van der Waals surface area contributed by atoms with Crippen molar-refractivity contribution in [3.63, 3.8) is 0 Å². The topological polar surface area (TPSA) is 37.3 Å². The number of aliphatic carboxylic acids is 1. The highest BCUT2D eigenvalue weighted by Crippen LogP contribution is 2.44. The molecule has 1 N–H and O–H groups in total. The van der Waals surface area contributed by atoms with E-state index in [2.05, 4.69) is 0 Å². The lowest BCUT2D eigenvalue weighted by Crippen LogP contribution is -2.55. The van der Waals surface area contributed by atoms with Crippen molar-refractivity contribution >= 4 is 5.97 Å². The molecular weight excluding hydrogens is 292 g/mol. The highest BCUT2D eigenvalue weighted by molar-refractivity contribution is 5.85. The van der Waals surface area contributed by atoms with Gasteiger partial charge in [0.25, 0.3) is 6.43 Å². The van der Waals surface area contributed by atoms with E-state index in [4.69, 9.17) is 5.11 Å². The molecule has 0 aliphatic rings. The molecule has 2 atom stereocenters. The van der Waals surface area contributed by atoms with Gasteiger partial charge in [-0.3, -0.25) is 0 Å². The van der Waals surface area contributed by atoms with Crippen molar-refractivity contribution in [2.75, 3.05) is 0 Å². The summed E-state index contributed by atoms with van der Waals surface area (Å²) in [5.41, 5.74) is -1.06. The van der Waals surface area contributed by atoms with Crippen molar-refractivity contribution in [2.45, 2.75) is 37.5 Å². The average molecular weight is 300 g/mol. The molecule has 2 unspecified atom stereocenters. The highest BCUT2D eigenvalue weighted by Gasteiger charge is 2.68. The Morgan fingerprint density at radius 1 is 1.05 bits per heavy atom. The molecule has 19 heavy (non-hydrogen) atoms. The summed E-state index contributed by atoms with van der Waals surface area (Å²) in [4.78, 5) is 10.2. The Bertz CT molecular complexity index is 365. The van der Waals surface area contributed by atoms with Crippen LogP contribution in [0.25, 0.3) is 0 Å². The van der Waals surface area contributed by atoms with Gasteiger partial charge in [-0.25, -0.2) is 22.4 Å². The quantitative estimate of drug-likeness (QED) is 0.604. The smallest absolute Gasteiger partial charge is 0.349 e. The Labute approximate surface area is 101 Å². The van der Waals surface area contributed by atoms with Crippen LogP contribution in [0.5, 0.6) is 0 Å². The second-order valence-electron chi connectivity index (χ2n) is 3.54. The maximum Gasteiger partial charge on any atom is 0.349 e. The maximum atomic E-state index is 12.9. The molecule has 0 saturated carbocycles. The first kappa shape index (κ1) is 17.6. The van der Waals surface area contributed by atoms with Crippen molar-refractivity contribution < 1.29 is 45.0 Å². The van der Waals surface area contributed by atoms with Crippen LogP contribution in [-0.4, -0.2) is 41.7 Å². The number of alkyl halides is 8. The van der Waals surface area contributed by atoms with Gasteiger partial charge in [0, 0.05) is 5.57 Å². The third kappa shape index (κ3) is 3.57. The lowest BCUT2D eigenvalue weighted by Gasteiger charge is -2.29. The largest absolute Gasteiger partial charge is 0.478 e. The average Bonchev–Trinajstić information content (AvgIpc) is 2.26. The van der Waals surface area contributed by atoms with Crippen LogP contribution >= 0.6 is 0 Å². The Morgan fingerprint density at radius 3 is 1.79 bits per heavy atom. The fraction of sp³-hybridized carbons (Fsp3) is 0.667. The molecule has 0 radical (unpaired) electrons. The molecule has 0 aliphatic heterocycles. The summed E-state index contributed by atoms with van der Waals surface area (Å²) < 4.78 is 99.9. The third-order valence-corrected chi connectivity index (χ3v) is 2.09. The Morgan fingerprint density at radius 2 is 1.47 bits per heavy atom. The van der Waals surface area contributed by atoms with Crippen LogP contribution in [-0.2, 0) is 4.79 Å². The van der Waals surface area contributed by atoms with Crippen LogP contribution in [0.1, 0.15) is 6.92 Å². The standard InChI is InChI=1S/C9H8F8O2/c1-3(7(18)19)2-4(10)8(14,15)9(16,17)5(11)6(12)13/h2,4-6H,1H3,(H,18,19). The molecule has 112 valence electrons. The zero-order valence-corrected chi connectivity index (χ0v) is 9.19. The van der Waals surface area contributed by atoms with E-state index in [1.54, 1.807) is 0 Å². The van der Waals surface area contributed by atoms with E-state index in [1.807, 2.05) is 0 Å². The number of rotatable bonds is 6. The van der Waals surface area contributed by atoms with E-state index in [0.717, 1.165) is 0 Å². The van der Waals surface area contributed by atoms with Crippen molar-refractivity contribution in [3.8, 4) is 0 Å². The van der Waals surface area contributed by atoms with E-state index in [0.29, 0.717) is 6.92 Å². The van der Waals surface area contributed by atoms with Crippen molar-refractivity contribution in [1.82, 2.24) is 0 Å². The summed E-state index contributed by atoms with van der Waals surface area (Å²) in [6.07, 6.45) is -13.4. The van der Waals surface area contributed by atoms with Gasteiger partial charge in [-0.15, -0.1) is 0 Å². The number of allylic oxidation sites excluding steroid dienone is 1. The SMILES string of the molecule is CC(=CC(F)C(F)(F)C(F)(F)C(F)C(F)F)C(=O)O. The fourth-order valence-electron chi connectivity index (χ4n) is 0.921. The molecule has 0 aromatic carbocycles. The fourth-order valence-corrected chi connectivity index (χ4v) is 0.921.